The normalized spacial score (nSPS) is 20.3. The molecule has 5 heterocycles. The molecule has 3 N–H and O–H groups in total. The summed E-state index contributed by atoms with van der Waals surface area (Å²) in [5.41, 5.74) is 4.09. The van der Waals surface area contributed by atoms with Gasteiger partial charge in [0.1, 0.15) is 41.5 Å². The fraction of sp³-hybridized carbons (Fsp3) is 0.550. The van der Waals surface area contributed by atoms with E-state index in [-0.39, 0.29) is 0 Å². The average molecular weight is 399 g/mol. The number of fused-ring (bicyclic) bond motifs is 5. The summed E-state index contributed by atoms with van der Waals surface area (Å²) < 4.78 is 6.83. The summed E-state index contributed by atoms with van der Waals surface area (Å²) in [6.07, 6.45) is 5.37. The van der Waals surface area contributed by atoms with Gasteiger partial charge in [0.2, 0.25) is 12.1 Å². The topological polar surface area (TPSA) is 72.2 Å². The van der Waals surface area contributed by atoms with Crippen LogP contribution in [0.3, 0.4) is 0 Å². The first-order chi connectivity index (χ1) is 13.9. The summed E-state index contributed by atoms with van der Waals surface area (Å²) in [5.74, 6) is 2.42. The second kappa shape index (κ2) is 6.79. The molecule has 146 valence electrons. The fourth-order valence-electron chi connectivity index (χ4n) is 4.94. The van der Waals surface area contributed by atoms with E-state index in [0.29, 0.717) is 0 Å². The van der Waals surface area contributed by atoms with Crippen molar-refractivity contribution in [1.29, 1.82) is 0 Å². The van der Waals surface area contributed by atoms with E-state index < -0.39 is 0 Å². The number of aromatic amines is 1. The van der Waals surface area contributed by atoms with Gasteiger partial charge >= 0.3 is 0 Å². The lowest BCUT2D eigenvalue weighted by Gasteiger charge is -2.29. The van der Waals surface area contributed by atoms with Gasteiger partial charge in [-0.1, -0.05) is 0 Å². The molecule has 28 heavy (non-hydrogen) atoms. The van der Waals surface area contributed by atoms with E-state index in [2.05, 4.69) is 20.1 Å². The Kier molecular flexibility index (Phi) is 4.09. The van der Waals surface area contributed by atoms with Crippen LogP contribution in [0.5, 0.6) is 0 Å². The monoisotopic (exact) mass is 398 g/mol. The van der Waals surface area contributed by atoms with Crippen LogP contribution in [0.15, 0.2) is 6.33 Å². The Morgan fingerprint density at radius 3 is 2.71 bits per heavy atom. The Bertz CT molecular complexity index is 1040. The highest BCUT2D eigenvalue weighted by Gasteiger charge is 2.30. The van der Waals surface area contributed by atoms with Gasteiger partial charge in [-0.2, -0.15) is 0 Å². The van der Waals surface area contributed by atoms with Gasteiger partial charge in [-0.15, -0.1) is 16.3 Å². The third-order valence-electron chi connectivity index (χ3n) is 6.30. The number of piperazine rings is 1. The van der Waals surface area contributed by atoms with Crippen molar-refractivity contribution in [2.24, 2.45) is 0 Å². The summed E-state index contributed by atoms with van der Waals surface area (Å²) in [5, 5.41) is 3.70. The van der Waals surface area contributed by atoms with Crippen LogP contribution < -0.4 is 20.1 Å². The maximum Gasteiger partial charge on any atom is 0.243 e. The van der Waals surface area contributed by atoms with Crippen molar-refractivity contribution >= 4 is 43.4 Å². The summed E-state index contributed by atoms with van der Waals surface area (Å²) in [4.78, 5) is 19.5. The molecule has 0 unspecified atom stereocenters. The first-order valence-electron chi connectivity index (χ1n) is 10.4. The van der Waals surface area contributed by atoms with Crippen molar-refractivity contribution in [3.05, 3.63) is 17.5 Å². The highest BCUT2D eigenvalue weighted by Crippen LogP contribution is 2.43. The summed E-state index contributed by atoms with van der Waals surface area (Å²) in [6, 6.07) is 0. The highest BCUT2D eigenvalue weighted by molar-refractivity contribution is 7.26. The highest BCUT2D eigenvalue weighted by atomic mass is 32.1. The molecule has 7 nitrogen and oxygen atoms in total. The van der Waals surface area contributed by atoms with Gasteiger partial charge < -0.3 is 15.0 Å². The number of hydrogen-bond donors (Lipinski definition) is 1. The largest absolute Gasteiger partial charge is 0.378 e. The molecular formula is C20H26N6OS+2. The predicted molar refractivity (Wildman–Crippen MR) is 110 cm³/mol. The van der Waals surface area contributed by atoms with Crippen LogP contribution in [-0.2, 0) is 17.6 Å². The molecule has 0 bridgehead atoms. The zero-order chi connectivity index (χ0) is 18.5. The van der Waals surface area contributed by atoms with Crippen LogP contribution in [0.2, 0.25) is 0 Å². The summed E-state index contributed by atoms with van der Waals surface area (Å²) in [6.45, 7) is 7.94. The molecule has 0 radical (unpaired) electrons. The molecule has 8 heteroatoms. The minimum absolute atomic E-state index is 0.799. The standard InChI is InChI=1S/C20H24N6OS/c1-2-13-14(3-1)18(26-8-10-27-11-9-26)24-20-15(13)16-17(28-20)19(23-12-22-16)25-6-4-21-5-7-25/h12,21H,1-11H2/p+2. The van der Waals surface area contributed by atoms with Crippen LogP contribution in [0.4, 0.5) is 11.6 Å². The predicted octanol–water partition coefficient (Wildman–Crippen LogP) is 0.367. The number of aromatic nitrogens is 3. The number of H-pyrrole nitrogens is 1. The first kappa shape index (κ1) is 16.9. The molecule has 0 atom stereocenters. The van der Waals surface area contributed by atoms with Gasteiger partial charge in [-0.3, -0.25) is 4.90 Å². The number of quaternary nitrogens is 1. The number of pyridine rings is 1. The van der Waals surface area contributed by atoms with Crippen molar-refractivity contribution in [1.82, 2.24) is 9.97 Å². The molecule has 3 aromatic rings. The van der Waals surface area contributed by atoms with E-state index in [4.69, 9.17) is 14.7 Å². The molecule has 6 rings (SSSR count). The number of ether oxygens (including phenoxy) is 1. The van der Waals surface area contributed by atoms with Crippen molar-refractivity contribution in [3.63, 3.8) is 0 Å². The van der Waals surface area contributed by atoms with Gasteiger partial charge in [-0.05, 0) is 30.4 Å². The molecule has 3 aromatic heterocycles. The third-order valence-corrected chi connectivity index (χ3v) is 7.38. The van der Waals surface area contributed by atoms with Crippen LogP contribution >= 0.6 is 11.3 Å². The quantitative estimate of drug-likeness (QED) is 0.675. The van der Waals surface area contributed by atoms with Gasteiger partial charge in [-0.25, -0.2) is 9.97 Å². The second-order valence-corrected chi connectivity index (χ2v) is 8.91. The minimum Gasteiger partial charge on any atom is -0.378 e. The van der Waals surface area contributed by atoms with Crippen molar-refractivity contribution in [2.45, 2.75) is 19.3 Å². The van der Waals surface area contributed by atoms with Crippen molar-refractivity contribution in [3.8, 4) is 0 Å². The van der Waals surface area contributed by atoms with E-state index in [0.717, 1.165) is 75.7 Å². The van der Waals surface area contributed by atoms with Crippen molar-refractivity contribution < 1.29 is 15.0 Å². The van der Waals surface area contributed by atoms with Crippen LogP contribution in [-0.4, -0.2) is 62.5 Å². The number of rotatable bonds is 2. The Labute approximate surface area is 167 Å². The molecule has 2 saturated heterocycles. The van der Waals surface area contributed by atoms with Crippen LogP contribution in [0.25, 0.3) is 20.4 Å². The van der Waals surface area contributed by atoms with E-state index in [1.165, 1.54) is 39.3 Å². The molecule has 0 spiro atoms. The average Bonchev–Trinajstić information content (AvgIpc) is 3.38. The second-order valence-electron chi connectivity index (χ2n) is 7.91. The number of nitrogens with two attached hydrogens (primary N) is 1. The van der Waals surface area contributed by atoms with Crippen LogP contribution in [0, 0.1) is 0 Å². The maximum absolute atomic E-state index is 5.57. The van der Waals surface area contributed by atoms with E-state index in [1.807, 2.05) is 17.7 Å². The summed E-state index contributed by atoms with van der Waals surface area (Å²) in [7, 11) is 0. The number of thiophene rings is 1. The minimum atomic E-state index is 0.799. The lowest BCUT2D eigenvalue weighted by Crippen LogP contribution is -2.90. The first-order valence-corrected chi connectivity index (χ1v) is 11.3. The number of aryl methyl sites for hydroxylation is 1. The molecule has 3 aliphatic rings. The number of hydrogen-bond acceptors (Lipinski definition) is 6. The molecule has 0 saturated carbocycles. The lowest BCUT2D eigenvalue weighted by molar-refractivity contribution is -0.656. The molecule has 1 aliphatic carbocycles. The zero-order valence-corrected chi connectivity index (χ0v) is 16.9. The molecule has 0 amide bonds. The van der Waals surface area contributed by atoms with Gasteiger partial charge in [0, 0.05) is 13.1 Å². The molecule has 2 fully saturated rings. The summed E-state index contributed by atoms with van der Waals surface area (Å²) >= 11 is 1.81. The van der Waals surface area contributed by atoms with E-state index in [9.17, 15) is 0 Å². The SMILES string of the molecule is c1nc2c(sc3nc(N4CCOCC4)c4c(c32)CCC4)c(N2CC[NH2+]CC2)[nH+]1. The Morgan fingerprint density at radius 2 is 1.86 bits per heavy atom. The van der Waals surface area contributed by atoms with Crippen LogP contribution in [0.1, 0.15) is 17.5 Å². The Balaban J connectivity index is 1.56. The Hall–Kier alpha value is -2.03. The molecular weight excluding hydrogens is 372 g/mol. The number of morpholine rings is 1. The van der Waals surface area contributed by atoms with Gasteiger partial charge in [0.05, 0.1) is 18.6 Å². The van der Waals surface area contributed by atoms with Crippen molar-refractivity contribution in [2.75, 3.05) is 62.3 Å². The van der Waals surface area contributed by atoms with E-state index >= 15 is 0 Å². The fourth-order valence-corrected chi connectivity index (χ4v) is 6.13. The smallest absolute Gasteiger partial charge is 0.243 e. The Morgan fingerprint density at radius 1 is 1.04 bits per heavy atom. The lowest BCUT2D eigenvalue weighted by atomic mass is 10.1. The maximum atomic E-state index is 5.57. The molecule has 0 aromatic carbocycles. The van der Waals surface area contributed by atoms with Gasteiger partial charge in [0.15, 0.2) is 5.52 Å². The van der Waals surface area contributed by atoms with Gasteiger partial charge in [0.25, 0.3) is 0 Å². The third kappa shape index (κ3) is 2.58. The molecule has 2 aliphatic heterocycles. The number of anilines is 2. The zero-order valence-electron chi connectivity index (χ0n) is 16.0. The van der Waals surface area contributed by atoms with E-state index in [1.54, 1.807) is 0 Å². The number of nitrogens with zero attached hydrogens (tertiary/aromatic N) is 4. The number of nitrogens with one attached hydrogen (secondary N) is 1.